The highest BCUT2D eigenvalue weighted by Crippen LogP contribution is 2.40. The number of carbonyl (C=O) groups is 1. The molecule has 0 bridgehead atoms. The quantitative estimate of drug-likeness (QED) is 0.922. The molecule has 5 nitrogen and oxygen atoms in total. The molecule has 1 saturated carbocycles. The zero-order chi connectivity index (χ0) is 16.4. The summed E-state index contributed by atoms with van der Waals surface area (Å²) in [5.41, 5.74) is 2.26. The maximum absolute atomic E-state index is 12.5. The Labute approximate surface area is 135 Å². The van der Waals surface area contributed by atoms with Crippen molar-refractivity contribution in [3.8, 4) is 0 Å². The number of amides is 1. The molecule has 2 aromatic rings. The van der Waals surface area contributed by atoms with Crippen LogP contribution in [0.3, 0.4) is 0 Å². The fourth-order valence-electron chi connectivity index (χ4n) is 2.73. The third-order valence-electron chi connectivity index (χ3n) is 4.23. The molecule has 1 aliphatic carbocycles. The van der Waals surface area contributed by atoms with Crippen LogP contribution in [0.2, 0.25) is 0 Å². The Balaban J connectivity index is 1.82. The summed E-state index contributed by atoms with van der Waals surface area (Å²) in [6.45, 7) is 4.51. The van der Waals surface area contributed by atoms with E-state index in [4.69, 9.17) is 0 Å². The maximum atomic E-state index is 12.5. The third-order valence-corrected chi connectivity index (χ3v) is 4.23. The van der Waals surface area contributed by atoms with Crippen molar-refractivity contribution in [1.82, 2.24) is 14.9 Å². The summed E-state index contributed by atoms with van der Waals surface area (Å²) >= 11 is 0. The van der Waals surface area contributed by atoms with E-state index in [1.54, 1.807) is 23.0 Å². The highest BCUT2D eigenvalue weighted by Gasteiger charge is 2.34. The van der Waals surface area contributed by atoms with E-state index in [-0.39, 0.29) is 17.5 Å². The number of rotatable bonds is 5. The summed E-state index contributed by atoms with van der Waals surface area (Å²) in [7, 11) is 0. The van der Waals surface area contributed by atoms with Gasteiger partial charge < -0.3 is 9.88 Å². The average Bonchev–Trinajstić information content (AvgIpc) is 3.37. The number of pyridine rings is 2. The van der Waals surface area contributed by atoms with Gasteiger partial charge in [0.05, 0.1) is 11.7 Å². The molecule has 0 spiro atoms. The minimum absolute atomic E-state index is 0.0870. The van der Waals surface area contributed by atoms with Gasteiger partial charge in [-0.1, -0.05) is 0 Å². The molecule has 3 rings (SSSR count). The van der Waals surface area contributed by atoms with Crippen molar-refractivity contribution in [3.05, 3.63) is 63.8 Å². The van der Waals surface area contributed by atoms with Gasteiger partial charge in [0.25, 0.3) is 11.5 Å². The molecule has 1 atom stereocenters. The van der Waals surface area contributed by atoms with Crippen LogP contribution in [0.5, 0.6) is 0 Å². The molecular formula is C18H21N3O2. The first-order valence-corrected chi connectivity index (χ1v) is 8.02. The van der Waals surface area contributed by atoms with Gasteiger partial charge in [0.2, 0.25) is 0 Å². The summed E-state index contributed by atoms with van der Waals surface area (Å²) in [6, 6.07) is 6.95. The smallest absolute Gasteiger partial charge is 0.252 e. The van der Waals surface area contributed by atoms with Gasteiger partial charge in [-0.2, -0.15) is 0 Å². The first kappa shape index (κ1) is 15.5. The van der Waals surface area contributed by atoms with Gasteiger partial charge in [0.1, 0.15) is 0 Å². The van der Waals surface area contributed by atoms with Crippen LogP contribution in [0.15, 0.2) is 41.5 Å². The summed E-state index contributed by atoms with van der Waals surface area (Å²) < 4.78 is 1.57. The molecule has 0 radical (unpaired) electrons. The molecule has 1 N–H and O–H groups in total. The van der Waals surface area contributed by atoms with Crippen molar-refractivity contribution < 1.29 is 4.79 Å². The first-order chi connectivity index (χ1) is 11.1. The van der Waals surface area contributed by atoms with Crippen molar-refractivity contribution in [2.24, 2.45) is 5.92 Å². The standard InChI is InChI=1S/C18H21N3O2/c1-3-21-9-7-14(11-16(21)22)18(23)20-17(13-4-5-13)15-10-12(2)6-8-19-15/h6-11,13,17H,3-5H2,1-2H3,(H,20,23)/t17-/m1/s1. The Bertz CT molecular complexity index is 778. The monoisotopic (exact) mass is 311 g/mol. The first-order valence-electron chi connectivity index (χ1n) is 8.02. The fraction of sp³-hybridized carbons (Fsp3) is 0.389. The lowest BCUT2D eigenvalue weighted by molar-refractivity contribution is 0.0930. The largest absolute Gasteiger partial charge is 0.343 e. The number of hydrogen-bond acceptors (Lipinski definition) is 3. The lowest BCUT2D eigenvalue weighted by Gasteiger charge is -2.18. The summed E-state index contributed by atoms with van der Waals surface area (Å²) in [5, 5.41) is 3.05. The molecular weight excluding hydrogens is 290 g/mol. The molecule has 0 unspecified atom stereocenters. The van der Waals surface area contributed by atoms with Crippen LogP contribution in [0.1, 0.15) is 47.4 Å². The Morgan fingerprint density at radius 3 is 2.78 bits per heavy atom. The molecule has 1 amide bonds. The van der Waals surface area contributed by atoms with Gasteiger partial charge in [-0.15, -0.1) is 0 Å². The second-order valence-electron chi connectivity index (χ2n) is 6.09. The number of aryl methyl sites for hydroxylation is 2. The number of nitrogens with zero attached hydrogens (tertiary/aromatic N) is 2. The van der Waals surface area contributed by atoms with Gasteiger partial charge in [-0.05, 0) is 56.4 Å². The van der Waals surface area contributed by atoms with Crippen LogP contribution in [0.4, 0.5) is 0 Å². The van der Waals surface area contributed by atoms with E-state index >= 15 is 0 Å². The van der Waals surface area contributed by atoms with Gasteiger partial charge in [0.15, 0.2) is 0 Å². The van der Waals surface area contributed by atoms with Crippen LogP contribution in [0.25, 0.3) is 0 Å². The minimum atomic E-state index is -0.217. The second-order valence-corrected chi connectivity index (χ2v) is 6.09. The van der Waals surface area contributed by atoms with E-state index in [0.717, 1.165) is 24.1 Å². The summed E-state index contributed by atoms with van der Waals surface area (Å²) in [4.78, 5) is 28.8. The second kappa shape index (κ2) is 6.36. The van der Waals surface area contributed by atoms with E-state index in [1.807, 2.05) is 26.0 Å². The van der Waals surface area contributed by atoms with Gasteiger partial charge in [-0.25, -0.2) is 0 Å². The van der Waals surface area contributed by atoms with Crippen molar-refractivity contribution in [3.63, 3.8) is 0 Å². The summed E-state index contributed by atoms with van der Waals surface area (Å²) in [5.74, 6) is 0.217. The third kappa shape index (κ3) is 3.50. The van der Waals surface area contributed by atoms with Crippen molar-refractivity contribution in [2.45, 2.75) is 39.3 Å². The number of carbonyl (C=O) groups excluding carboxylic acids is 1. The van der Waals surface area contributed by atoms with Crippen molar-refractivity contribution in [1.29, 1.82) is 0 Å². The normalized spacial score (nSPS) is 15.2. The highest BCUT2D eigenvalue weighted by molar-refractivity contribution is 5.94. The Morgan fingerprint density at radius 1 is 1.39 bits per heavy atom. The molecule has 1 aliphatic rings. The molecule has 0 aliphatic heterocycles. The van der Waals surface area contributed by atoms with E-state index < -0.39 is 0 Å². The Morgan fingerprint density at radius 2 is 2.17 bits per heavy atom. The fourth-order valence-corrected chi connectivity index (χ4v) is 2.73. The highest BCUT2D eigenvalue weighted by atomic mass is 16.2. The lowest BCUT2D eigenvalue weighted by atomic mass is 10.1. The zero-order valence-corrected chi connectivity index (χ0v) is 13.5. The van der Waals surface area contributed by atoms with Gasteiger partial charge in [0, 0.05) is 30.6 Å². The molecule has 0 aromatic carbocycles. The minimum Gasteiger partial charge on any atom is -0.343 e. The SMILES string of the molecule is CCn1ccc(C(=O)N[C@@H](c2cc(C)ccn2)C2CC2)cc1=O. The molecule has 0 saturated heterocycles. The summed E-state index contributed by atoms with van der Waals surface area (Å²) in [6.07, 6.45) is 5.62. The predicted octanol–water partition coefficient (Wildman–Crippen LogP) is 2.45. The van der Waals surface area contributed by atoms with E-state index in [1.165, 1.54) is 6.07 Å². The molecule has 2 heterocycles. The van der Waals surface area contributed by atoms with Crippen molar-refractivity contribution >= 4 is 5.91 Å². The number of aromatic nitrogens is 2. The van der Waals surface area contributed by atoms with Crippen molar-refractivity contribution in [2.75, 3.05) is 0 Å². The van der Waals surface area contributed by atoms with Crippen LogP contribution < -0.4 is 10.9 Å². The molecule has 5 heteroatoms. The number of hydrogen-bond donors (Lipinski definition) is 1. The Kier molecular flexibility index (Phi) is 4.28. The van der Waals surface area contributed by atoms with Gasteiger partial charge >= 0.3 is 0 Å². The maximum Gasteiger partial charge on any atom is 0.252 e. The number of nitrogens with one attached hydrogen (secondary N) is 1. The molecule has 2 aromatic heterocycles. The molecule has 1 fully saturated rings. The van der Waals surface area contributed by atoms with Crippen LogP contribution >= 0.6 is 0 Å². The average molecular weight is 311 g/mol. The predicted molar refractivity (Wildman–Crippen MR) is 88.3 cm³/mol. The van der Waals surface area contributed by atoms with Gasteiger partial charge in [-0.3, -0.25) is 14.6 Å². The Hall–Kier alpha value is -2.43. The molecule has 120 valence electrons. The zero-order valence-electron chi connectivity index (χ0n) is 13.5. The van der Waals surface area contributed by atoms with E-state index in [2.05, 4.69) is 10.3 Å². The van der Waals surface area contributed by atoms with Crippen LogP contribution in [0, 0.1) is 12.8 Å². The lowest BCUT2D eigenvalue weighted by Crippen LogP contribution is -2.32. The molecule has 23 heavy (non-hydrogen) atoms. The van der Waals surface area contributed by atoms with Crippen LogP contribution in [-0.4, -0.2) is 15.5 Å². The van der Waals surface area contributed by atoms with Crippen LogP contribution in [-0.2, 0) is 6.54 Å². The van der Waals surface area contributed by atoms with E-state index in [9.17, 15) is 9.59 Å². The topological polar surface area (TPSA) is 64.0 Å². The van der Waals surface area contributed by atoms with E-state index in [0.29, 0.717) is 18.0 Å².